The number of hydrogen-bond acceptors (Lipinski definition) is 4. The topological polar surface area (TPSA) is 48.5 Å². The number of carbonyl (C=O) groups excluding carboxylic acids is 1. The molecule has 1 N–H and O–H groups in total. The van der Waals surface area contributed by atoms with Gasteiger partial charge in [0.1, 0.15) is 0 Å². The molecule has 144 valence electrons. The van der Waals surface area contributed by atoms with Crippen molar-refractivity contribution in [1.82, 2.24) is 9.88 Å². The highest BCUT2D eigenvalue weighted by atomic mass is 35.5. The van der Waals surface area contributed by atoms with E-state index in [4.69, 9.17) is 11.6 Å². The first-order valence-electron chi connectivity index (χ1n) is 9.58. The molecule has 2 heterocycles. The molecule has 1 saturated heterocycles. The van der Waals surface area contributed by atoms with Crippen molar-refractivity contribution in [2.75, 3.05) is 42.9 Å². The fraction of sp³-hybridized carbons (Fsp3) is 0.273. The van der Waals surface area contributed by atoms with Crippen LogP contribution in [0.3, 0.4) is 0 Å². The van der Waals surface area contributed by atoms with E-state index >= 15 is 0 Å². The molecule has 2 aromatic carbocycles. The van der Waals surface area contributed by atoms with Crippen molar-refractivity contribution in [2.45, 2.75) is 6.92 Å². The highest BCUT2D eigenvalue weighted by Gasteiger charge is 2.23. The van der Waals surface area contributed by atoms with Crippen LogP contribution in [0.4, 0.5) is 11.4 Å². The van der Waals surface area contributed by atoms with Gasteiger partial charge in [0, 0.05) is 66.3 Å². The number of rotatable bonds is 4. The van der Waals surface area contributed by atoms with Crippen molar-refractivity contribution in [3.8, 4) is 0 Å². The summed E-state index contributed by atoms with van der Waals surface area (Å²) < 4.78 is 0. The number of aromatic nitrogens is 1. The number of anilines is 2. The molecule has 1 amide bonds. The molecule has 0 spiro atoms. The smallest absolute Gasteiger partial charge is 0.253 e. The number of nitrogens with zero attached hydrogens (tertiary/aromatic N) is 3. The lowest BCUT2D eigenvalue weighted by atomic mass is 10.1. The zero-order valence-electron chi connectivity index (χ0n) is 15.9. The van der Waals surface area contributed by atoms with Gasteiger partial charge in [0.2, 0.25) is 0 Å². The van der Waals surface area contributed by atoms with Crippen LogP contribution in [0, 0.1) is 0 Å². The van der Waals surface area contributed by atoms with Crippen LogP contribution < -0.4 is 10.2 Å². The van der Waals surface area contributed by atoms with E-state index in [1.165, 1.54) is 0 Å². The first kappa shape index (κ1) is 18.6. The Labute approximate surface area is 169 Å². The van der Waals surface area contributed by atoms with Crippen molar-refractivity contribution in [1.29, 1.82) is 0 Å². The molecule has 0 atom stereocenters. The molecule has 4 rings (SSSR count). The number of benzene rings is 2. The van der Waals surface area contributed by atoms with Gasteiger partial charge in [-0.15, -0.1) is 0 Å². The van der Waals surface area contributed by atoms with Crippen LogP contribution >= 0.6 is 11.6 Å². The zero-order valence-corrected chi connectivity index (χ0v) is 16.6. The standard InChI is InChI=1S/C22H23ClN4O/c1-2-24-18-6-3-16(4-7-18)22(28)27-13-11-26(12-14-27)21-9-10-25-20-15-17(23)5-8-19(20)21/h3-10,15,24H,2,11-14H2,1H3. The number of hydrogen-bond donors (Lipinski definition) is 1. The molecule has 1 aliphatic heterocycles. The zero-order chi connectivity index (χ0) is 19.5. The van der Waals surface area contributed by atoms with Gasteiger partial charge in [-0.25, -0.2) is 0 Å². The Kier molecular flexibility index (Phi) is 5.35. The second kappa shape index (κ2) is 8.07. The maximum atomic E-state index is 12.8. The van der Waals surface area contributed by atoms with Crippen molar-refractivity contribution < 1.29 is 4.79 Å². The van der Waals surface area contributed by atoms with Gasteiger partial charge in [-0.05, 0) is 55.5 Å². The molecule has 1 aromatic heterocycles. The molecule has 0 unspecified atom stereocenters. The average molecular weight is 395 g/mol. The lowest BCUT2D eigenvalue weighted by Gasteiger charge is -2.36. The van der Waals surface area contributed by atoms with Crippen LogP contribution in [0.15, 0.2) is 54.7 Å². The predicted molar refractivity (Wildman–Crippen MR) is 115 cm³/mol. The number of carbonyl (C=O) groups is 1. The maximum Gasteiger partial charge on any atom is 0.253 e. The molecule has 28 heavy (non-hydrogen) atoms. The van der Waals surface area contributed by atoms with Crippen LogP contribution in [0.25, 0.3) is 10.9 Å². The molecule has 3 aromatic rings. The van der Waals surface area contributed by atoms with Crippen LogP contribution in [0.1, 0.15) is 17.3 Å². The van der Waals surface area contributed by atoms with E-state index in [1.54, 1.807) is 0 Å². The molecule has 0 saturated carbocycles. The predicted octanol–water partition coefficient (Wildman–Crippen LogP) is 4.28. The quantitative estimate of drug-likeness (QED) is 0.717. The number of piperazine rings is 1. The first-order valence-corrected chi connectivity index (χ1v) is 9.96. The number of pyridine rings is 1. The summed E-state index contributed by atoms with van der Waals surface area (Å²) in [5, 5.41) is 5.03. The second-order valence-electron chi connectivity index (χ2n) is 6.88. The molecule has 6 heteroatoms. The summed E-state index contributed by atoms with van der Waals surface area (Å²) in [5.41, 5.74) is 3.81. The van der Waals surface area contributed by atoms with Crippen LogP contribution in [-0.2, 0) is 0 Å². The van der Waals surface area contributed by atoms with Gasteiger partial charge >= 0.3 is 0 Å². The van der Waals surface area contributed by atoms with Crippen molar-refractivity contribution >= 4 is 39.8 Å². The Balaban J connectivity index is 1.45. The van der Waals surface area contributed by atoms with Crippen molar-refractivity contribution in [3.05, 3.63) is 65.3 Å². The van der Waals surface area contributed by atoms with E-state index in [0.717, 1.165) is 47.5 Å². The van der Waals surface area contributed by atoms with E-state index < -0.39 is 0 Å². The molecule has 5 nitrogen and oxygen atoms in total. The van der Waals surface area contributed by atoms with E-state index in [-0.39, 0.29) is 5.91 Å². The van der Waals surface area contributed by atoms with Crippen molar-refractivity contribution in [3.63, 3.8) is 0 Å². The van der Waals surface area contributed by atoms with Crippen LogP contribution in [0.5, 0.6) is 0 Å². The van der Waals surface area contributed by atoms with E-state index in [1.807, 2.05) is 59.6 Å². The summed E-state index contributed by atoms with van der Waals surface area (Å²) in [7, 11) is 0. The average Bonchev–Trinajstić information content (AvgIpc) is 2.73. The minimum atomic E-state index is 0.0917. The normalized spacial score (nSPS) is 14.4. The Hall–Kier alpha value is -2.79. The molecule has 0 aliphatic carbocycles. The van der Waals surface area contributed by atoms with Gasteiger partial charge in [0.25, 0.3) is 5.91 Å². The number of nitrogens with one attached hydrogen (secondary N) is 1. The summed E-state index contributed by atoms with van der Waals surface area (Å²) in [6.07, 6.45) is 1.82. The Bertz CT molecular complexity index is 981. The van der Waals surface area contributed by atoms with Gasteiger partial charge in [-0.3, -0.25) is 9.78 Å². The van der Waals surface area contributed by atoms with Gasteiger partial charge in [-0.2, -0.15) is 0 Å². The molecule has 0 bridgehead atoms. The molecular formula is C22H23ClN4O. The third-order valence-corrected chi connectivity index (χ3v) is 5.34. The summed E-state index contributed by atoms with van der Waals surface area (Å²) in [5.74, 6) is 0.0917. The van der Waals surface area contributed by atoms with E-state index in [9.17, 15) is 4.79 Å². The lowest BCUT2D eigenvalue weighted by Crippen LogP contribution is -2.48. The fourth-order valence-corrected chi connectivity index (χ4v) is 3.82. The number of fused-ring (bicyclic) bond motifs is 1. The van der Waals surface area contributed by atoms with Crippen LogP contribution in [0.2, 0.25) is 5.02 Å². The summed E-state index contributed by atoms with van der Waals surface area (Å²) in [6, 6.07) is 15.5. The van der Waals surface area contributed by atoms with Crippen molar-refractivity contribution in [2.24, 2.45) is 0 Å². The third kappa shape index (κ3) is 3.76. The second-order valence-corrected chi connectivity index (χ2v) is 7.31. The highest BCUT2D eigenvalue weighted by Crippen LogP contribution is 2.28. The van der Waals surface area contributed by atoms with Gasteiger partial charge in [0.15, 0.2) is 0 Å². The minimum Gasteiger partial charge on any atom is -0.385 e. The van der Waals surface area contributed by atoms with Gasteiger partial charge in [-0.1, -0.05) is 11.6 Å². The Morgan fingerprint density at radius 3 is 2.54 bits per heavy atom. The van der Waals surface area contributed by atoms with Gasteiger partial charge in [0.05, 0.1) is 5.52 Å². The molecule has 1 aliphatic rings. The highest BCUT2D eigenvalue weighted by molar-refractivity contribution is 6.31. The molecule has 1 fully saturated rings. The summed E-state index contributed by atoms with van der Waals surface area (Å²) >= 11 is 6.09. The first-order chi connectivity index (χ1) is 13.7. The minimum absolute atomic E-state index is 0.0917. The Morgan fingerprint density at radius 1 is 1.07 bits per heavy atom. The van der Waals surface area contributed by atoms with E-state index in [2.05, 4.69) is 22.1 Å². The molecule has 0 radical (unpaired) electrons. The van der Waals surface area contributed by atoms with Crippen LogP contribution in [-0.4, -0.2) is 48.5 Å². The summed E-state index contributed by atoms with van der Waals surface area (Å²) in [6.45, 7) is 5.91. The van der Waals surface area contributed by atoms with Gasteiger partial charge < -0.3 is 15.1 Å². The lowest BCUT2D eigenvalue weighted by molar-refractivity contribution is 0.0747. The monoisotopic (exact) mass is 394 g/mol. The Morgan fingerprint density at radius 2 is 1.82 bits per heavy atom. The fourth-order valence-electron chi connectivity index (χ4n) is 3.65. The number of amides is 1. The summed E-state index contributed by atoms with van der Waals surface area (Å²) in [4.78, 5) is 21.5. The third-order valence-electron chi connectivity index (χ3n) is 5.10. The van der Waals surface area contributed by atoms with E-state index in [0.29, 0.717) is 18.1 Å². The molecular weight excluding hydrogens is 372 g/mol. The SMILES string of the molecule is CCNc1ccc(C(=O)N2CCN(c3ccnc4cc(Cl)ccc34)CC2)cc1. The number of halogens is 1. The largest absolute Gasteiger partial charge is 0.385 e. The maximum absolute atomic E-state index is 12.8.